The van der Waals surface area contributed by atoms with Crippen LogP contribution in [0.25, 0.3) is 110 Å². The first-order valence-corrected chi connectivity index (χ1v) is 21.5. The Bertz CT molecular complexity index is 3600. The van der Waals surface area contributed by atoms with Crippen molar-refractivity contribution in [1.29, 1.82) is 0 Å². The van der Waals surface area contributed by atoms with Crippen LogP contribution in [0.1, 0.15) is 28.2 Å². The fourth-order valence-corrected chi connectivity index (χ4v) is 10.6. The van der Waals surface area contributed by atoms with Crippen molar-refractivity contribution >= 4 is 54.7 Å². The van der Waals surface area contributed by atoms with Gasteiger partial charge in [-0.15, -0.1) is 0 Å². The van der Waals surface area contributed by atoms with Gasteiger partial charge in [0.15, 0.2) is 0 Å². The molecule has 0 saturated heterocycles. The highest BCUT2D eigenvalue weighted by molar-refractivity contribution is 6.27. The maximum Gasteiger partial charge on any atom is 0.0277 e. The average molecular weight is 787 g/mol. The predicted molar refractivity (Wildman–Crippen MR) is 260 cm³/mol. The van der Waals surface area contributed by atoms with Crippen LogP contribution in [0.4, 0.5) is 0 Å². The molecule has 11 aromatic rings. The zero-order chi connectivity index (χ0) is 40.7. The first-order valence-electron chi connectivity index (χ1n) is 21.5. The molecule has 1 unspecified atom stereocenters. The summed E-state index contributed by atoms with van der Waals surface area (Å²) < 4.78 is 0. The quantitative estimate of drug-likeness (QED) is 0.157. The Kier molecular flexibility index (Phi) is 7.77. The molecule has 2 aliphatic carbocycles. The minimum atomic E-state index is 0.247. The molecule has 0 fully saturated rings. The lowest BCUT2D eigenvalue weighted by molar-refractivity contribution is 1.06. The van der Waals surface area contributed by atoms with Gasteiger partial charge in [-0.1, -0.05) is 164 Å². The van der Waals surface area contributed by atoms with Crippen LogP contribution in [0.5, 0.6) is 0 Å². The highest BCUT2D eigenvalue weighted by atomic mass is 14.6. The zero-order valence-electron chi connectivity index (χ0n) is 33.9. The zero-order valence-corrected chi connectivity index (χ0v) is 33.9. The first kappa shape index (κ1) is 34.9. The summed E-state index contributed by atoms with van der Waals surface area (Å²) in [5.41, 5.74) is 19.1. The molecule has 0 spiro atoms. The summed E-state index contributed by atoms with van der Waals surface area (Å²) in [5, 5.41) is 10.5. The van der Waals surface area contributed by atoms with Crippen molar-refractivity contribution in [3.05, 3.63) is 229 Å². The molecule has 0 radical (unpaired) electrons. The maximum atomic E-state index is 4.28. The Morgan fingerprint density at radius 1 is 0.371 bits per heavy atom. The second-order valence-corrected chi connectivity index (χ2v) is 16.8. The third kappa shape index (κ3) is 5.43. The third-order valence-corrected chi connectivity index (χ3v) is 13.6. The maximum absolute atomic E-state index is 4.28. The van der Waals surface area contributed by atoms with Crippen LogP contribution in [0.15, 0.2) is 207 Å². The Balaban J connectivity index is 0.782. The highest BCUT2D eigenvalue weighted by Gasteiger charge is 2.27. The number of benzene rings is 9. The van der Waals surface area contributed by atoms with E-state index < -0.39 is 0 Å². The third-order valence-electron chi connectivity index (χ3n) is 13.6. The number of rotatable bonds is 6. The van der Waals surface area contributed by atoms with Gasteiger partial charge in [-0.25, -0.2) is 0 Å². The molecule has 288 valence electrons. The molecule has 2 aliphatic rings. The normalized spacial score (nSPS) is 14.3. The van der Waals surface area contributed by atoms with Gasteiger partial charge in [0.1, 0.15) is 0 Å². The van der Waals surface area contributed by atoms with Crippen LogP contribution in [0.3, 0.4) is 0 Å². The molecule has 1 atom stereocenters. The molecule has 2 heterocycles. The van der Waals surface area contributed by atoms with E-state index in [4.69, 9.17) is 0 Å². The number of hydrogen-bond donors (Lipinski definition) is 0. The van der Waals surface area contributed by atoms with E-state index in [9.17, 15) is 0 Å². The molecular formula is C60H38N2. The van der Waals surface area contributed by atoms with Gasteiger partial charge >= 0.3 is 0 Å². The minimum Gasteiger partial charge on any atom is -0.265 e. The van der Waals surface area contributed by atoms with E-state index in [1.807, 2.05) is 24.8 Å². The summed E-state index contributed by atoms with van der Waals surface area (Å²) in [6.07, 6.45) is 15.6. The summed E-state index contributed by atoms with van der Waals surface area (Å²) in [7, 11) is 0. The molecule has 2 nitrogen and oxygen atoms in total. The molecule has 0 aliphatic heterocycles. The van der Waals surface area contributed by atoms with E-state index in [0.29, 0.717) is 0 Å². The Labute approximate surface area is 360 Å². The van der Waals surface area contributed by atoms with E-state index in [0.717, 1.165) is 6.42 Å². The second kappa shape index (κ2) is 13.8. The van der Waals surface area contributed by atoms with E-state index in [-0.39, 0.29) is 5.92 Å². The molecule has 0 saturated carbocycles. The van der Waals surface area contributed by atoms with Crippen LogP contribution in [-0.4, -0.2) is 9.97 Å². The molecule has 0 amide bonds. The van der Waals surface area contributed by atoms with Gasteiger partial charge in [0, 0.05) is 30.7 Å². The van der Waals surface area contributed by atoms with Crippen LogP contribution in [0, 0.1) is 0 Å². The largest absolute Gasteiger partial charge is 0.265 e. The SMILES string of the molecule is C1=CC(c2ccncc2)C2=CCc3ccc(-c4ccc(-c5ccc(-c6ccc(-c7ccc8ccc9c(-c%10ccncc%10)ccc%10ccc7c8c%109)cc6)cc5)cc4)c4ccc1c2c34. The molecule has 2 aromatic heterocycles. The Morgan fingerprint density at radius 3 is 1.35 bits per heavy atom. The molecule has 62 heavy (non-hydrogen) atoms. The Hall–Kier alpha value is -7.94. The molecule has 0 N–H and O–H groups in total. The summed E-state index contributed by atoms with van der Waals surface area (Å²) in [5.74, 6) is 0.247. The van der Waals surface area contributed by atoms with Crippen molar-refractivity contribution in [2.75, 3.05) is 0 Å². The number of nitrogens with zero attached hydrogens (tertiary/aromatic N) is 2. The van der Waals surface area contributed by atoms with E-state index in [1.54, 1.807) is 0 Å². The summed E-state index contributed by atoms with van der Waals surface area (Å²) >= 11 is 0. The van der Waals surface area contributed by atoms with Crippen molar-refractivity contribution in [2.24, 2.45) is 0 Å². The van der Waals surface area contributed by atoms with E-state index in [2.05, 4.69) is 198 Å². The molecule has 0 bridgehead atoms. The lowest BCUT2D eigenvalue weighted by atomic mass is 9.74. The molecule has 2 heteroatoms. The topological polar surface area (TPSA) is 25.8 Å². The minimum absolute atomic E-state index is 0.247. The summed E-state index contributed by atoms with van der Waals surface area (Å²) in [4.78, 5) is 8.53. The fraction of sp³-hybridized carbons (Fsp3) is 0.0333. The molecule has 13 rings (SSSR count). The van der Waals surface area contributed by atoms with Gasteiger partial charge in [0.2, 0.25) is 0 Å². The fourth-order valence-electron chi connectivity index (χ4n) is 10.6. The first-order chi connectivity index (χ1) is 30.7. The monoisotopic (exact) mass is 786 g/mol. The van der Waals surface area contributed by atoms with Gasteiger partial charge in [-0.2, -0.15) is 0 Å². The molecular weight excluding hydrogens is 749 g/mol. The van der Waals surface area contributed by atoms with Crippen molar-refractivity contribution in [1.82, 2.24) is 9.97 Å². The van der Waals surface area contributed by atoms with Gasteiger partial charge < -0.3 is 0 Å². The van der Waals surface area contributed by atoms with Gasteiger partial charge in [-0.3, -0.25) is 9.97 Å². The van der Waals surface area contributed by atoms with Crippen LogP contribution < -0.4 is 0 Å². The number of allylic oxidation sites excluding steroid dienone is 3. The van der Waals surface area contributed by atoms with E-state index >= 15 is 0 Å². The highest BCUT2D eigenvalue weighted by Crippen LogP contribution is 2.48. The predicted octanol–water partition coefficient (Wildman–Crippen LogP) is 15.6. The van der Waals surface area contributed by atoms with Crippen LogP contribution in [-0.2, 0) is 6.42 Å². The van der Waals surface area contributed by atoms with Crippen molar-refractivity contribution < 1.29 is 0 Å². The second-order valence-electron chi connectivity index (χ2n) is 16.8. The van der Waals surface area contributed by atoms with E-state index in [1.165, 1.54) is 127 Å². The smallest absolute Gasteiger partial charge is 0.0277 e. The number of pyridine rings is 2. The van der Waals surface area contributed by atoms with Gasteiger partial charge in [0.05, 0.1) is 0 Å². The van der Waals surface area contributed by atoms with Crippen LogP contribution >= 0.6 is 0 Å². The standard InChI is InChI=1S/C60H38N2/c1-2-38(40-7-11-42(12-8-40)50-22-14-46-20-28-56-52(44-31-35-62-36-32-44)24-16-48-18-26-54(50)58(46)60(48)56)4-3-37(1)39-5-9-41(10-6-39)49-21-13-45-19-27-55-51(43-29-33-61-34-30-43)23-15-47-17-25-53(49)57(45)59(47)55/h1-19,21-36,52H,20H2. The lowest BCUT2D eigenvalue weighted by Crippen LogP contribution is -2.10. The van der Waals surface area contributed by atoms with Gasteiger partial charge in [-0.05, 0) is 157 Å². The van der Waals surface area contributed by atoms with Crippen molar-refractivity contribution in [3.63, 3.8) is 0 Å². The number of hydrogen-bond acceptors (Lipinski definition) is 2. The van der Waals surface area contributed by atoms with Crippen molar-refractivity contribution in [3.8, 4) is 55.6 Å². The van der Waals surface area contributed by atoms with Crippen LogP contribution in [0.2, 0.25) is 0 Å². The molecule has 9 aromatic carbocycles. The summed E-state index contributed by atoms with van der Waals surface area (Å²) in [6, 6.07) is 63.2. The lowest BCUT2D eigenvalue weighted by Gasteiger charge is -2.29. The number of aromatic nitrogens is 2. The Morgan fingerprint density at radius 2 is 0.806 bits per heavy atom. The summed E-state index contributed by atoms with van der Waals surface area (Å²) in [6.45, 7) is 0. The average Bonchev–Trinajstić information content (AvgIpc) is 3.35. The van der Waals surface area contributed by atoms with Crippen molar-refractivity contribution in [2.45, 2.75) is 12.3 Å². The van der Waals surface area contributed by atoms with Gasteiger partial charge in [0.25, 0.3) is 0 Å².